The van der Waals surface area contributed by atoms with E-state index in [0.29, 0.717) is 5.56 Å². The lowest BCUT2D eigenvalue weighted by molar-refractivity contribution is 0.514. The van der Waals surface area contributed by atoms with Gasteiger partial charge in [0.05, 0.1) is 17.4 Å². The summed E-state index contributed by atoms with van der Waals surface area (Å²) in [5, 5.41) is 7.83. The molecule has 0 bridgehead atoms. The first-order valence-corrected chi connectivity index (χ1v) is 7.10. The van der Waals surface area contributed by atoms with Gasteiger partial charge in [0.15, 0.2) is 0 Å². The number of rotatable bonds is 5. The quantitative estimate of drug-likeness (QED) is 0.907. The molecule has 0 fully saturated rings. The lowest BCUT2D eigenvalue weighted by Gasteiger charge is -2.20. The van der Waals surface area contributed by atoms with Gasteiger partial charge in [0, 0.05) is 12.1 Å². The van der Waals surface area contributed by atoms with Crippen LogP contribution in [-0.4, -0.2) is 16.3 Å². The fourth-order valence-corrected chi connectivity index (χ4v) is 2.51. The van der Waals surface area contributed by atoms with E-state index in [1.165, 1.54) is 6.07 Å². The Labute approximate surface area is 119 Å². The summed E-state index contributed by atoms with van der Waals surface area (Å²) >= 11 is 0. The molecule has 1 aromatic heterocycles. The Morgan fingerprint density at radius 2 is 2.00 bits per heavy atom. The highest BCUT2D eigenvalue weighted by molar-refractivity contribution is 5.33. The summed E-state index contributed by atoms with van der Waals surface area (Å²) in [6, 6.07) is 7.10. The Kier molecular flexibility index (Phi) is 4.55. The Balaban J connectivity index is 2.52. The second kappa shape index (κ2) is 6.18. The molecule has 0 amide bonds. The fraction of sp³-hybridized carbons (Fsp3) is 0.438. The molecule has 2 rings (SSSR count). The van der Waals surface area contributed by atoms with E-state index in [1.54, 1.807) is 6.07 Å². The second-order valence-corrected chi connectivity index (χ2v) is 5.04. The molecule has 2 aromatic rings. The van der Waals surface area contributed by atoms with E-state index in [0.717, 1.165) is 30.0 Å². The maximum absolute atomic E-state index is 14.2. The van der Waals surface area contributed by atoms with Crippen molar-refractivity contribution < 1.29 is 4.39 Å². The largest absolute Gasteiger partial charge is 0.305 e. The molecule has 1 unspecified atom stereocenters. The van der Waals surface area contributed by atoms with Gasteiger partial charge < -0.3 is 5.32 Å². The van der Waals surface area contributed by atoms with Crippen molar-refractivity contribution in [1.82, 2.24) is 15.1 Å². The van der Waals surface area contributed by atoms with E-state index in [4.69, 9.17) is 0 Å². The van der Waals surface area contributed by atoms with Crippen molar-refractivity contribution in [2.45, 2.75) is 40.3 Å². The first-order valence-electron chi connectivity index (χ1n) is 7.10. The van der Waals surface area contributed by atoms with E-state index < -0.39 is 0 Å². The molecule has 1 heterocycles. The zero-order valence-corrected chi connectivity index (χ0v) is 12.6. The molecular weight excluding hydrogens is 253 g/mol. The van der Waals surface area contributed by atoms with Crippen LogP contribution in [0, 0.1) is 19.7 Å². The summed E-state index contributed by atoms with van der Waals surface area (Å²) in [7, 11) is 0. The first kappa shape index (κ1) is 14.7. The molecule has 0 saturated heterocycles. The summed E-state index contributed by atoms with van der Waals surface area (Å²) in [6.45, 7) is 9.57. The molecule has 0 saturated carbocycles. The third-order valence-electron chi connectivity index (χ3n) is 3.40. The number of hydrogen-bond acceptors (Lipinski definition) is 2. The van der Waals surface area contributed by atoms with Gasteiger partial charge in [-0.05, 0) is 39.4 Å². The lowest BCUT2D eigenvalue weighted by Crippen LogP contribution is -2.25. The molecule has 0 spiro atoms. The molecule has 1 atom stereocenters. The fourth-order valence-electron chi connectivity index (χ4n) is 2.51. The van der Waals surface area contributed by atoms with Gasteiger partial charge in [-0.3, -0.25) is 4.68 Å². The van der Waals surface area contributed by atoms with Gasteiger partial charge in [-0.1, -0.05) is 24.6 Å². The number of hydrogen-bond donors (Lipinski definition) is 1. The Bertz CT molecular complexity index is 589. The van der Waals surface area contributed by atoms with Crippen LogP contribution in [0.4, 0.5) is 4.39 Å². The van der Waals surface area contributed by atoms with Crippen LogP contribution >= 0.6 is 0 Å². The zero-order chi connectivity index (χ0) is 14.7. The normalized spacial score (nSPS) is 12.7. The van der Waals surface area contributed by atoms with Crippen molar-refractivity contribution in [3.63, 3.8) is 0 Å². The van der Waals surface area contributed by atoms with E-state index in [9.17, 15) is 4.39 Å². The van der Waals surface area contributed by atoms with Crippen LogP contribution in [0.25, 0.3) is 0 Å². The van der Waals surface area contributed by atoms with E-state index in [-0.39, 0.29) is 11.9 Å². The van der Waals surface area contributed by atoms with Crippen LogP contribution in [0.3, 0.4) is 0 Å². The highest BCUT2D eigenvalue weighted by Gasteiger charge is 2.21. The Morgan fingerprint density at radius 1 is 1.25 bits per heavy atom. The minimum absolute atomic E-state index is 0.166. The van der Waals surface area contributed by atoms with Crippen molar-refractivity contribution in [2.75, 3.05) is 6.54 Å². The second-order valence-electron chi connectivity index (χ2n) is 5.04. The summed E-state index contributed by atoms with van der Waals surface area (Å²) < 4.78 is 16.1. The molecule has 108 valence electrons. The number of aryl methyl sites for hydroxylation is 3. The van der Waals surface area contributed by atoms with Crippen LogP contribution in [0.5, 0.6) is 0 Å². The van der Waals surface area contributed by atoms with Crippen LogP contribution in [0.2, 0.25) is 0 Å². The topological polar surface area (TPSA) is 29.9 Å². The van der Waals surface area contributed by atoms with Crippen LogP contribution < -0.4 is 5.32 Å². The molecule has 4 heteroatoms. The van der Waals surface area contributed by atoms with Crippen LogP contribution in [0.15, 0.2) is 24.3 Å². The molecule has 0 radical (unpaired) electrons. The smallest absolute Gasteiger partial charge is 0.128 e. The van der Waals surface area contributed by atoms with Crippen molar-refractivity contribution in [3.8, 4) is 0 Å². The van der Waals surface area contributed by atoms with Gasteiger partial charge in [0.1, 0.15) is 5.82 Å². The van der Waals surface area contributed by atoms with Crippen LogP contribution in [0.1, 0.15) is 42.4 Å². The Hall–Kier alpha value is -1.68. The molecule has 20 heavy (non-hydrogen) atoms. The number of nitrogens with one attached hydrogen (secondary N) is 1. The van der Waals surface area contributed by atoms with E-state index in [1.807, 2.05) is 44.5 Å². The van der Waals surface area contributed by atoms with E-state index >= 15 is 0 Å². The predicted molar refractivity (Wildman–Crippen MR) is 79.3 cm³/mol. The molecule has 0 aliphatic carbocycles. The number of benzene rings is 1. The Morgan fingerprint density at radius 3 is 2.65 bits per heavy atom. The highest BCUT2D eigenvalue weighted by atomic mass is 19.1. The van der Waals surface area contributed by atoms with Crippen molar-refractivity contribution in [2.24, 2.45) is 0 Å². The van der Waals surface area contributed by atoms with Crippen molar-refractivity contribution in [3.05, 3.63) is 52.6 Å². The summed E-state index contributed by atoms with van der Waals surface area (Å²) in [5.74, 6) is -0.178. The SMILES string of the molecule is CCNC(c1cc(C)ccc1F)c1cc(C)nn1CC. The third kappa shape index (κ3) is 2.90. The minimum Gasteiger partial charge on any atom is -0.305 e. The molecule has 1 aromatic carbocycles. The summed E-state index contributed by atoms with van der Waals surface area (Å²) in [5.41, 5.74) is 3.71. The standard InChI is InChI=1S/C16H22FN3/c1-5-18-16(13-9-11(3)7-8-14(13)17)15-10-12(4)19-20(15)6-2/h7-10,16,18H,5-6H2,1-4H3. The van der Waals surface area contributed by atoms with Crippen molar-refractivity contribution in [1.29, 1.82) is 0 Å². The van der Waals surface area contributed by atoms with Crippen LogP contribution in [-0.2, 0) is 6.54 Å². The molecular formula is C16H22FN3. The number of aromatic nitrogens is 2. The van der Waals surface area contributed by atoms with E-state index in [2.05, 4.69) is 10.4 Å². The maximum Gasteiger partial charge on any atom is 0.128 e. The van der Waals surface area contributed by atoms with Gasteiger partial charge in [-0.15, -0.1) is 0 Å². The minimum atomic E-state index is -0.178. The lowest BCUT2D eigenvalue weighted by atomic mass is 10.0. The number of halogens is 1. The van der Waals surface area contributed by atoms with Crippen molar-refractivity contribution >= 4 is 0 Å². The van der Waals surface area contributed by atoms with Gasteiger partial charge in [-0.2, -0.15) is 5.10 Å². The summed E-state index contributed by atoms with van der Waals surface area (Å²) in [4.78, 5) is 0. The maximum atomic E-state index is 14.2. The average molecular weight is 275 g/mol. The first-order chi connectivity index (χ1) is 9.56. The monoisotopic (exact) mass is 275 g/mol. The molecule has 0 aliphatic heterocycles. The summed E-state index contributed by atoms with van der Waals surface area (Å²) in [6.07, 6.45) is 0. The van der Waals surface area contributed by atoms with Gasteiger partial charge in [0.25, 0.3) is 0 Å². The van der Waals surface area contributed by atoms with Gasteiger partial charge in [0.2, 0.25) is 0 Å². The third-order valence-corrected chi connectivity index (χ3v) is 3.40. The average Bonchev–Trinajstić information content (AvgIpc) is 2.80. The number of nitrogens with zero attached hydrogens (tertiary/aromatic N) is 2. The molecule has 0 aliphatic rings. The zero-order valence-electron chi connectivity index (χ0n) is 12.6. The molecule has 1 N–H and O–H groups in total. The van der Waals surface area contributed by atoms with Gasteiger partial charge in [-0.25, -0.2) is 4.39 Å². The predicted octanol–water partition coefficient (Wildman–Crippen LogP) is 3.36. The van der Waals surface area contributed by atoms with Gasteiger partial charge >= 0.3 is 0 Å². The molecule has 3 nitrogen and oxygen atoms in total. The highest BCUT2D eigenvalue weighted by Crippen LogP contribution is 2.26.